The highest BCUT2D eigenvalue weighted by atomic mass is 16.3. The van der Waals surface area contributed by atoms with E-state index in [4.69, 9.17) is 13.8 Å². The van der Waals surface area contributed by atoms with E-state index in [-0.39, 0.29) is 0 Å². The molecule has 11 aromatic rings. The highest BCUT2D eigenvalue weighted by Crippen LogP contribution is 2.45. The van der Waals surface area contributed by atoms with Crippen LogP contribution >= 0.6 is 0 Å². The van der Waals surface area contributed by atoms with E-state index in [2.05, 4.69) is 144 Å². The smallest absolute Gasteiger partial charge is 0.227 e. The molecule has 0 saturated heterocycles. The fourth-order valence-corrected chi connectivity index (χ4v) is 8.02. The first-order chi connectivity index (χ1) is 26.3. The molecule has 248 valence electrons. The second-order valence-electron chi connectivity index (χ2n) is 13.5. The van der Waals surface area contributed by atoms with E-state index in [1.165, 1.54) is 16.3 Å². The van der Waals surface area contributed by atoms with Gasteiger partial charge in [0.2, 0.25) is 5.89 Å². The summed E-state index contributed by atoms with van der Waals surface area (Å²) in [6.45, 7) is 0. The van der Waals surface area contributed by atoms with Crippen LogP contribution in [0.25, 0.3) is 87.9 Å². The first-order valence-electron chi connectivity index (χ1n) is 17.9. The Balaban J connectivity index is 1.21. The van der Waals surface area contributed by atoms with Crippen LogP contribution in [-0.2, 0) is 0 Å². The lowest BCUT2D eigenvalue weighted by molar-refractivity contribution is 0.623. The lowest BCUT2D eigenvalue weighted by Gasteiger charge is -2.26. The summed E-state index contributed by atoms with van der Waals surface area (Å²) in [6.07, 6.45) is 0. The Morgan fingerprint density at radius 2 is 1.09 bits per heavy atom. The predicted molar refractivity (Wildman–Crippen MR) is 219 cm³/mol. The molecule has 0 bridgehead atoms. The van der Waals surface area contributed by atoms with Gasteiger partial charge in [-0.2, -0.15) is 0 Å². The van der Waals surface area contributed by atoms with E-state index in [0.717, 1.165) is 82.8 Å². The Morgan fingerprint density at radius 3 is 1.96 bits per heavy atom. The molecule has 9 aromatic carbocycles. The van der Waals surface area contributed by atoms with E-state index in [1.807, 2.05) is 42.5 Å². The van der Waals surface area contributed by atoms with Crippen molar-refractivity contribution in [1.82, 2.24) is 4.98 Å². The molecule has 0 amide bonds. The average Bonchev–Trinajstić information content (AvgIpc) is 3.83. The molecule has 4 heteroatoms. The van der Waals surface area contributed by atoms with Gasteiger partial charge in [0.25, 0.3) is 0 Å². The molecular formula is C49H30N2O2. The molecule has 0 atom stereocenters. The second kappa shape index (κ2) is 11.7. The largest absolute Gasteiger partial charge is 0.456 e. The topological polar surface area (TPSA) is 42.4 Å². The zero-order chi connectivity index (χ0) is 34.9. The number of fused-ring (bicyclic) bond motifs is 9. The van der Waals surface area contributed by atoms with Crippen LogP contribution in [0.1, 0.15) is 0 Å². The normalized spacial score (nSPS) is 11.8. The number of benzene rings is 9. The van der Waals surface area contributed by atoms with Gasteiger partial charge >= 0.3 is 0 Å². The molecule has 0 aliphatic heterocycles. The van der Waals surface area contributed by atoms with Crippen molar-refractivity contribution in [3.63, 3.8) is 0 Å². The molecule has 0 unspecified atom stereocenters. The maximum Gasteiger partial charge on any atom is 0.227 e. The van der Waals surface area contributed by atoms with Gasteiger partial charge in [0.15, 0.2) is 5.58 Å². The Kier molecular flexibility index (Phi) is 6.52. The number of para-hydroxylation sites is 2. The minimum absolute atomic E-state index is 0.619. The van der Waals surface area contributed by atoms with Crippen molar-refractivity contribution in [3.05, 3.63) is 182 Å². The van der Waals surface area contributed by atoms with Crippen molar-refractivity contribution in [1.29, 1.82) is 0 Å². The Morgan fingerprint density at radius 1 is 0.396 bits per heavy atom. The third kappa shape index (κ3) is 4.73. The molecule has 11 rings (SSSR count). The summed E-state index contributed by atoms with van der Waals surface area (Å²) in [5, 5.41) is 9.02. The molecule has 0 fully saturated rings. The van der Waals surface area contributed by atoms with Gasteiger partial charge in [0.1, 0.15) is 16.7 Å². The summed E-state index contributed by atoms with van der Waals surface area (Å²) in [6, 6.07) is 64.0. The number of hydrogen-bond donors (Lipinski definition) is 0. The third-order valence-electron chi connectivity index (χ3n) is 10.4. The molecule has 0 saturated carbocycles. The van der Waals surface area contributed by atoms with Gasteiger partial charge in [0, 0.05) is 38.8 Å². The van der Waals surface area contributed by atoms with Crippen molar-refractivity contribution in [3.8, 4) is 22.6 Å². The van der Waals surface area contributed by atoms with Gasteiger partial charge in [0.05, 0.1) is 0 Å². The number of aromatic nitrogens is 1. The van der Waals surface area contributed by atoms with Crippen LogP contribution in [0, 0.1) is 0 Å². The standard InChI is InChI=1S/C49H30N2O2/c1-3-13-32(14-4-1)49-50-44-26-22-33-28-41(38-20-11-15-31-12-7-8-18-37(31)38)42-29-35(23-25-40(42)47(33)48(44)53-49)51(34-16-5-2-6-17-34)36-24-27-46-43(30-36)39-19-9-10-21-45(39)52-46/h1-30H. The van der Waals surface area contributed by atoms with Crippen molar-refractivity contribution < 1.29 is 8.83 Å². The number of oxazole rings is 1. The fraction of sp³-hybridized carbons (Fsp3) is 0. The van der Waals surface area contributed by atoms with Crippen molar-refractivity contribution >= 4 is 82.4 Å². The van der Waals surface area contributed by atoms with Gasteiger partial charge < -0.3 is 13.7 Å². The number of nitrogens with zero attached hydrogens (tertiary/aromatic N) is 2. The molecule has 0 N–H and O–H groups in total. The van der Waals surface area contributed by atoms with Crippen LogP contribution in [0.3, 0.4) is 0 Å². The highest BCUT2D eigenvalue weighted by molar-refractivity contribution is 6.23. The zero-order valence-corrected chi connectivity index (χ0v) is 28.5. The van der Waals surface area contributed by atoms with E-state index in [0.29, 0.717) is 5.89 Å². The van der Waals surface area contributed by atoms with Crippen molar-refractivity contribution in [2.75, 3.05) is 4.90 Å². The monoisotopic (exact) mass is 678 g/mol. The molecule has 2 aromatic heterocycles. The average molecular weight is 679 g/mol. The predicted octanol–water partition coefficient (Wildman–Crippen LogP) is 14.0. The van der Waals surface area contributed by atoms with E-state index < -0.39 is 0 Å². The summed E-state index contributed by atoms with van der Waals surface area (Å²) < 4.78 is 12.9. The van der Waals surface area contributed by atoms with E-state index in [1.54, 1.807) is 0 Å². The Bertz CT molecular complexity index is 3170. The summed E-state index contributed by atoms with van der Waals surface area (Å²) in [5.41, 5.74) is 9.86. The first kappa shape index (κ1) is 29.5. The number of furan rings is 1. The van der Waals surface area contributed by atoms with Crippen molar-refractivity contribution in [2.45, 2.75) is 0 Å². The second-order valence-corrected chi connectivity index (χ2v) is 13.5. The van der Waals surface area contributed by atoms with Crippen LogP contribution in [-0.4, -0.2) is 4.98 Å². The molecule has 0 aliphatic carbocycles. The van der Waals surface area contributed by atoms with Gasteiger partial charge in [-0.1, -0.05) is 109 Å². The molecule has 0 spiro atoms. The maximum absolute atomic E-state index is 6.65. The van der Waals surface area contributed by atoms with Crippen LogP contribution in [0.4, 0.5) is 17.1 Å². The third-order valence-corrected chi connectivity index (χ3v) is 10.4. The quantitative estimate of drug-likeness (QED) is 0.170. The minimum Gasteiger partial charge on any atom is -0.456 e. The summed E-state index contributed by atoms with van der Waals surface area (Å²) in [7, 11) is 0. The van der Waals surface area contributed by atoms with Crippen LogP contribution in [0.15, 0.2) is 191 Å². The van der Waals surface area contributed by atoms with E-state index in [9.17, 15) is 0 Å². The number of anilines is 3. The molecular weight excluding hydrogens is 649 g/mol. The lowest BCUT2D eigenvalue weighted by atomic mass is 9.90. The van der Waals surface area contributed by atoms with Gasteiger partial charge in [-0.3, -0.25) is 0 Å². The van der Waals surface area contributed by atoms with Crippen LogP contribution < -0.4 is 4.90 Å². The zero-order valence-electron chi connectivity index (χ0n) is 28.5. The number of rotatable bonds is 5. The van der Waals surface area contributed by atoms with Crippen molar-refractivity contribution in [2.24, 2.45) is 0 Å². The summed E-state index contributed by atoms with van der Waals surface area (Å²) >= 11 is 0. The number of hydrogen-bond acceptors (Lipinski definition) is 4. The van der Waals surface area contributed by atoms with Gasteiger partial charge in [-0.05, 0) is 111 Å². The molecule has 53 heavy (non-hydrogen) atoms. The SMILES string of the molecule is c1ccc(-c2nc3ccc4cc(-c5cccc6ccccc56)c5cc(N(c6ccccc6)c6ccc7oc8ccccc8c7c6)ccc5c4c3o2)cc1. The molecule has 0 aliphatic rings. The fourth-order valence-electron chi connectivity index (χ4n) is 8.02. The summed E-state index contributed by atoms with van der Waals surface area (Å²) in [5.74, 6) is 0.619. The van der Waals surface area contributed by atoms with Crippen LogP contribution in [0.2, 0.25) is 0 Å². The minimum atomic E-state index is 0.619. The van der Waals surface area contributed by atoms with E-state index >= 15 is 0 Å². The maximum atomic E-state index is 6.65. The highest BCUT2D eigenvalue weighted by Gasteiger charge is 2.20. The lowest BCUT2D eigenvalue weighted by Crippen LogP contribution is -2.09. The molecule has 0 radical (unpaired) electrons. The Hall–Kier alpha value is -7.17. The Labute approximate surface area is 304 Å². The molecule has 2 heterocycles. The van der Waals surface area contributed by atoms with Crippen LogP contribution in [0.5, 0.6) is 0 Å². The first-order valence-corrected chi connectivity index (χ1v) is 17.9. The van der Waals surface area contributed by atoms with Gasteiger partial charge in [-0.15, -0.1) is 0 Å². The van der Waals surface area contributed by atoms with Gasteiger partial charge in [-0.25, -0.2) is 4.98 Å². The molecule has 4 nitrogen and oxygen atoms in total. The summed E-state index contributed by atoms with van der Waals surface area (Å²) in [4.78, 5) is 7.28.